The topological polar surface area (TPSA) is 17.1 Å². The second-order valence-electron chi connectivity index (χ2n) is 2.43. The van der Waals surface area contributed by atoms with Gasteiger partial charge in [-0.3, -0.25) is 0 Å². The van der Waals surface area contributed by atoms with Crippen LogP contribution in [0, 0.1) is 5.92 Å². The maximum absolute atomic E-state index is 11.9. The highest BCUT2D eigenvalue weighted by Gasteiger charge is 2.37. The van der Waals surface area contributed by atoms with Gasteiger partial charge in [-0.25, -0.2) is 0 Å². The fourth-order valence-corrected chi connectivity index (χ4v) is 0.880. The summed E-state index contributed by atoms with van der Waals surface area (Å²) in [5.74, 6) is -1.44. The van der Waals surface area contributed by atoms with Crippen molar-refractivity contribution in [2.24, 2.45) is 5.92 Å². The van der Waals surface area contributed by atoms with Gasteiger partial charge in [0.1, 0.15) is 6.29 Å². The van der Waals surface area contributed by atoms with Crippen LogP contribution in [0.3, 0.4) is 0 Å². The average Bonchev–Trinajstić information content (AvgIpc) is 1.85. The lowest BCUT2D eigenvalue weighted by atomic mass is 10.0. The van der Waals surface area contributed by atoms with Gasteiger partial charge in [-0.15, -0.1) is 0 Å². The molecule has 0 saturated heterocycles. The number of carbonyl (C=O) groups excluding carboxylic acids is 1. The minimum Gasteiger partial charge on any atom is -0.303 e. The Labute approximate surface area is 63.6 Å². The van der Waals surface area contributed by atoms with Crippen molar-refractivity contribution in [2.75, 3.05) is 0 Å². The van der Waals surface area contributed by atoms with E-state index in [1.807, 2.05) is 0 Å². The summed E-state index contributed by atoms with van der Waals surface area (Å²) in [6.07, 6.45) is -3.79. The Hall–Kier alpha value is -0.540. The standard InChI is InChI=1S/C7H11F3O/c1-2-3-6(4-5-11)7(8,9)10/h5-6H,2-4H2,1H3. The number of aldehydes is 1. The van der Waals surface area contributed by atoms with Crippen molar-refractivity contribution in [1.29, 1.82) is 0 Å². The number of carbonyl (C=O) groups is 1. The van der Waals surface area contributed by atoms with Crippen LogP contribution in [0.25, 0.3) is 0 Å². The molecule has 0 aromatic carbocycles. The first-order valence-corrected chi connectivity index (χ1v) is 3.52. The molecule has 1 unspecified atom stereocenters. The summed E-state index contributed by atoms with van der Waals surface area (Å²) in [5.41, 5.74) is 0. The summed E-state index contributed by atoms with van der Waals surface area (Å²) in [6.45, 7) is 1.67. The van der Waals surface area contributed by atoms with Crippen LogP contribution in [0.1, 0.15) is 26.2 Å². The van der Waals surface area contributed by atoms with Gasteiger partial charge in [0.25, 0.3) is 0 Å². The molecule has 0 radical (unpaired) electrons. The smallest absolute Gasteiger partial charge is 0.303 e. The number of rotatable bonds is 4. The summed E-state index contributed by atoms with van der Waals surface area (Å²) >= 11 is 0. The highest BCUT2D eigenvalue weighted by molar-refractivity contribution is 5.49. The molecule has 0 N–H and O–H groups in total. The predicted molar refractivity (Wildman–Crippen MR) is 35.1 cm³/mol. The Kier molecular flexibility index (Phi) is 4.15. The quantitative estimate of drug-likeness (QED) is 0.589. The van der Waals surface area contributed by atoms with E-state index in [0.29, 0.717) is 12.7 Å². The van der Waals surface area contributed by atoms with E-state index in [2.05, 4.69) is 0 Å². The first-order chi connectivity index (χ1) is 5.02. The highest BCUT2D eigenvalue weighted by atomic mass is 19.4. The van der Waals surface area contributed by atoms with Crippen molar-refractivity contribution >= 4 is 6.29 Å². The molecule has 0 bridgehead atoms. The molecule has 0 aliphatic carbocycles. The summed E-state index contributed by atoms with van der Waals surface area (Å²) in [7, 11) is 0. The van der Waals surface area contributed by atoms with Crippen LogP contribution >= 0.6 is 0 Å². The largest absolute Gasteiger partial charge is 0.392 e. The van der Waals surface area contributed by atoms with E-state index >= 15 is 0 Å². The molecule has 66 valence electrons. The molecule has 1 nitrogen and oxygen atoms in total. The lowest BCUT2D eigenvalue weighted by Gasteiger charge is -2.16. The summed E-state index contributed by atoms with van der Waals surface area (Å²) in [5, 5.41) is 0. The van der Waals surface area contributed by atoms with Gasteiger partial charge in [-0.1, -0.05) is 13.3 Å². The van der Waals surface area contributed by atoms with Gasteiger partial charge in [0.15, 0.2) is 0 Å². The van der Waals surface area contributed by atoms with Crippen LogP contribution in [0.2, 0.25) is 0 Å². The minimum absolute atomic E-state index is 0.0439. The highest BCUT2D eigenvalue weighted by Crippen LogP contribution is 2.31. The average molecular weight is 168 g/mol. The molecule has 0 aromatic heterocycles. The zero-order valence-corrected chi connectivity index (χ0v) is 6.32. The molecule has 0 amide bonds. The number of hydrogen-bond donors (Lipinski definition) is 0. The lowest BCUT2D eigenvalue weighted by molar-refractivity contribution is -0.178. The van der Waals surface area contributed by atoms with E-state index in [1.54, 1.807) is 6.92 Å². The molecule has 0 spiro atoms. The van der Waals surface area contributed by atoms with Crippen molar-refractivity contribution in [3.05, 3.63) is 0 Å². The molecular weight excluding hydrogens is 157 g/mol. The lowest BCUT2D eigenvalue weighted by Crippen LogP contribution is -2.22. The van der Waals surface area contributed by atoms with E-state index in [9.17, 15) is 18.0 Å². The van der Waals surface area contributed by atoms with Gasteiger partial charge in [-0.05, 0) is 6.42 Å². The van der Waals surface area contributed by atoms with E-state index in [-0.39, 0.29) is 6.42 Å². The Morgan fingerprint density at radius 2 is 2.00 bits per heavy atom. The first-order valence-electron chi connectivity index (χ1n) is 3.52. The molecule has 0 heterocycles. The molecular formula is C7H11F3O. The number of hydrogen-bond acceptors (Lipinski definition) is 1. The Balaban J connectivity index is 3.97. The van der Waals surface area contributed by atoms with Crippen LogP contribution in [0.5, 0.6) is 0 Å². The van der Waals surface area contributed by atoms with Gasteiger partial charge in [0, 0.05) is 6.42 Å². The zero-order chi connectivity index (χ0) is 8.91. The second-order valence-corrected chi connectivity index (χ2v) is 2.43. The molecule has 0 saturated carbocycles. The van der Waals surface area contributed by atoms with Gasteiger partial charge in [0.05, 0.1) is 5.92 Å². The van der Waals surface area contributed by atoms with Gasteiger partial charge in [-0.2, -0.15) is 13.2 Å². The van der Waals surface area contributed by atoms with Gasteiger partial charge >= 0.3 is 6.18 Å². The van der Waals surface area contributed by atoms with Crippen LogP contribution in [0.4, 0.5) is 13.2 Å². The van der Waals surface area contributed by atoms with Crippen LogP contribution in [-0.4, -0.2) is 12.5 Å². The first kappa shape index (κ1) is 10.5. The summed E-state index contributed by atoms with van der Waals surface area (Å²) < 4.78 is 35.8. The third-order valence-electron chi connectivity index (χ3n) is 1.48. The summed E-state index contributed by atoms with van der Waals surface area (Å²) in [6, 6.07) is 0. The maximum Gasteiger partial charge on any atom is 0.392 e. The third-order valence-corrected chi connectivity index (χ3v) is 1.48. The Morgan fingerprint density at radius 3 is 2.27 bits per heavy atom. The monoisotopic (exact) mass is 168 g/mol. The minimum atomic E-state index is -4.21. The van der Waals surface area contributed by atoms with Crippen LogP contribution in [0.15, 0.2) is 0 Å². The Bertz CT molecular complexity index is 119. The Morgan fingerprint density at radius 1 is 1.45 bits per heavy atom. The zero-order valence-electron chi connectivity index (χ0n) is 6.32. The van der Waals surface area contributed by atoms with Crippen LogP contribution in [-0.2, 0) is 4.79 Å². The van der Waals surface area contributed by atoms with Crippen molar-refractivity contribution in [1.82, 2.24) is 0 Å². The van der Waals surface area contributed by atoms with E-state index < -0.39 is 18.5 Å². The SMILES string of the molecule is CCCC(CC=O)C(F)(F)F. The molecule has 0 rings (SSSR count). The second kappa shape index (κ2) is 4.36. The third kappa shape index (κ3) is 4.01. The summed E-state index contributed by atoms with van der Waals surface area (Å²) in [4.78, 5) is 9.84. The van der Waals surface area contributed by atoms with E-state index in [4.69, 9.17) is 0 Å². The van der Waals surface area contributed by atoms with Crippen molar-refractivity contribution in [3.63, 3.8) is 0 Å². The van der Waals surface area contributed by atoms with Crippen LogP contribution < -0.4 is 0 Å². The fraction of sp³-hybridized carbons (Fsp3) is 0.857. The maximum atomic E-state index is 11.9. The molecule has 4 heteroatoms. The molecule has 0 aromatic rings. The normalized spacial score (nSPS) is 14.5. The number of alkyl halides is 3. The van der Waals surface area contributed by atoms with E-state index in [1.165, 1.54) is 0 Å². The van der Waals surface area contributed by atoms with Crippen molar-refractivity contribution < 1.29 is 18.0 Å². The van der Waals surface area contributed by atoms with Gasteiger partial charge in [0.2, 0.25) is 0 Å². The molecule has 0 aliphatic rings. The van der Waals surface area contributed by atoms with Crippen molar-refractivity contribution in [3.8, 4) is 0 Å². The fourth-order valence-electron chi connectivity index (χ4n) is 0.880. The number of halogens is 3. The molecule has 11 heavy (non-hydrogen) atoms. The predicted octanol–water partition coefficient (Wildman–Crippen LogP) is 2.55. The molecule has 1 atom stereocenters. The van der Waals surface area contributed by atoms with Crippen molar-refractivity contribution in [2.45, 2.75) is 32.4 Å². The molecule has 0 fully saturated rings. The van der Waals surface area contributed by atoms with Gasteiger partial charge < -0.3 is 4.79 Å². The molecule has 0 aliphatic heterocycles. The van der Waals surface area contributed by atoms with E-state index in [0.717, 1.165) is 0 Å².